The fourth-order valence-electron chi connectivity index (χ4n) is 1.97. The van der Waals surface area contributed by atoms with Crippen LogP contribution in [0.25, 0.3) is 10.8 Å². The Kier molecular flexibility index (Phi) is 2.61. The molecule has 0 N–H and O–H groups in total. The van der Waals surface area contributed by atoms with Gasteiger partial charge in [0.1, 0.15) is 0 Å². The van der Waals surface area contributed by atoms with Gasteiger partial charge in [0.2, 0.25) is 0 Å². The molecular formula is C16H11NO. The number of fused-ring (bicyclic) bond motifs is 1. The predicted molar refractivity (Wildman–Crippen MR) is 74.3 cm³/mol. The molecule has 0 amide bonds. The van der Waals surface area contributed by atoms with Crippen molar-refractivity contribution in [3.8, 4) is 0 Å². The summed E-state index contributed by atoms with van der Waals surface area (Å²) in [7, 11) is 0. The zero-order valence-electron chi connectivity index (χ0n) is 9.71. The van der Waals surface area contributed by atoms with Crippen molar-refractivity contribution in [2.45, 2.75) is 0 Å². The largest absolute Gasteiger partial charge is 0.290 e. The third-order valence-corrected chi connectivity index (χ3v) is 2.85. The van der Waals surface area contributed by atoms with Crippen molar-refractivity contribution in [2.24, 2.45) is 4.99 Å². The van der Waals surface area contributed by atoms with Crippen molar-refractivity contribution in [1.29, 1.82) is 0 Å². The summed E-state index contributed by atoms with van der Waals surface area (Å²) in [5.41, 5.74) is 1.72. The molecule has 0 heterocycles. The number of allylic oxidation sites excluding steroid dienone is 4. The van der Waals surface area contributed by atoms with Crippen LogP contribution in [0.1, 0.15) is 0 Å². The van der Waals surface area contributed by atoms with Crippen LogP contribution >= 0.6 is 0 Å². The minimum Gasteiger partial charge on any atom is -0.290 e. The fraction of sp³-hybridized carbons (Fsp3) is 0. The number of aliphatic imine (C=N–C) groups is 1. The lowest BCUT2D eigenvalue weighted by molar-refractivity contribution is -0.110. The molecule has 0 bridgehead atoms. The lowest BCUT2D eigenvalue weighted by Crippen LogP contribution is -1.98. The normalized spacial score (nSPS) is 14.2. The molecule has 18 heavy (non-hydrogen) atoms. The number of ketones is 1. The third-order valence-electron chi connectivity index (χ3n) is 2.85. The van der Waals surface area contributed by atoms with Gasteiger partial charge in [0, 0.05) is 5.39 Å². The molecular weight excluding hydrogens is 222 g/mol. The lowest BCUT2D eigenvalue weighted by atomic mass is 10.1. The topological polar surface area (TPSA) is 29.4 Å². The number of hydrogen-bond acceptors (Lipinski definition) is 2. The number of carbonyl (C=O) groups is 1. The first kappa shape index (κ1) is 10.7. The SMILES string of the molecule is O=C1C=CC(=Nc2cccc3ccccc23)C=C1. The summed E-state index contributed by atoms with van der Waals surface area (Å²) in [5, 5.41) is 2.28. The number of carbonyl (C=O) groups excluding carboxylic acids is 1. The second-order valence-electron chi connectivity index (χ2n) is 4.10. The van der Waals surface area contributed by atoms with Crippen LogP contribution in [0.2, 0.25) is 0 Å². The number of rotatable bonds is 1. The standard InChI is InChI=1S/C16H11NO/c18-14-10-8-13(9-11-14)17-16-7-3-5-12-4-1-2-6-15(12)16/h1-11H. The van der Waals surface area contributed by atoms with Gasteiger partial charge in [0.15, 0.2) is 5.78 Å². The van der Waals surface area contributed by atoms with E-state index in [2.05, 4.69) is 23.2 Å². The molecule has 0 fully saturated rings. The Morgan fingerprint density at radius 1 is 0.778 bits per heavy atom. The van der Waals surface area contributed by atoms with E-state index in [-0.39, 0.29) is 5.78 Å². The van der Waals surface area contributed by atoms with Gasteiger partial charge in [-0.1, -0.05) is 36.4 Å². The van der Waals surface area contributed by atoms with Crippen molar-refractivity contribution >= 4 is 28.0 Å². The number of hydrogen-bond donors (Lipinski definition) is 0. The average molecular weight is 233 g/mol. The maximum atomic E-state index is 11.0. The van der Waals surface area contributed by atoms with E-state index >= 15 is 0 Å². The van der Waals surface area contributed by atoms with E-state index in [1.807, 2.05) is 24.3 Å². The van der Waals surface area contributed by atoms with Crippen molar-refractivity contribution in [1.82, 2.24) is 0 Å². The Balaban J connectivity index is 2.11. The minimum atomic E-state index is 0.00636. The molecule has 2 nitrogen and oxygen atoms in total. The molecule has 0 saturated carbocycles. The first-order chi connectivity index (χ1) is 8.83. The van der Waals surface area contributed by atoms with Crippen LogP contribution in [0.5, 0.6) is 0 Å². The highest BCUT2D eigenvalue weighted by molar-refractivity contribution is 6.17. The first-order valence-corrected chi connectivity index (χ1v) is 5.79. The van der Waals surface area contributed by atoms with Gasteiger partial charge in [-0.3, -0.25) is 4.79 Å². The van der Waals surface area contributed by atoms with Gasteiger partial charge in [0.05, 0.1) is 11.4 Å². The van der Waals surface area contributed by atoms with Crippen LogP contribution in [0.3, 0.4) is 0 Å². The smallest absolute Gasteiger partial charge is 0.178 e. The monoisotopic (exact) mass is 233 g/mol. The van der Waals surface area contributed by atoms with Gasteiger partial charge >= 0.3 is 0 Å². The molecule has 1 aliphatic rings. The van der Waals surface area contributed by atoms with Crippen LogP contribution in [-0.2, 0) is 4.79 Å². The zero-order chi connectivity index (χ0) is 12.4. The Morgan fingerprint density at radius 3 is 2.33 bits per heavy atom. The molecule has 0 aliphatic heterocycles. The van der Waals surface area contributed by atoms with E-state index in [9.17, 15) is 4.79 Å². The Bertz CT molecular complexity index is 685. The molecule has 3 rings (SSSR count). The summed E-state index contributed by atoms with van der Waals surface area (Å²) in [6, 6.07) is 14.2. The van der Waals surface area contributed by atoms with E-state index in [0.29, 0.717) is 0 Å². The molecule has 0 saturated heterocycles. The maximum Gasteiger partial charge on any atom is 0.178 e. The van der Waals surface area contributed by atoms with E-state index in [1.165, 1.54) is 17.5 Å². The molecule has 0 unspecified atom stereocenters. The van der Waals surface area contributed by atoms with Crippen molar-refractivity contribution in [3.05, 3.63) is 66.8 Å². The Labute approximate surface area is 105 Å². The van der Waals surface area contributed by atoms with Crippen LogP contribution in [0.15, 0.2) is 71.8 Å². The highest BCUT2D eigenvalue weighted by Gasteiger charge is 2.02. The highest BCUT2D eigenvalue weighted by Crippen LogP contribution is 2.26. The summed E-state index contributed by atoms with van der Waals surface area (Å²) in [6.07, 6.45) is 6.54. The van der Waals surface area contributed by atoms with Crippen LogP contribution in [0, 0.1) is 0 Å². The minimum absolute atomic E-state index is 0.00636. The van der Waals surface area contributed by atoms with Gasteiger partial charge in [-0.25, -0.2) is 4.99 Å². The molecule has 86 valence electrons. The molecule has 0 aromatic heterocycles. The van der Waals surface area contributed by atoms with E-state index in [0.717, 1.165) is 16.8 Å². The van der Waals surface area contributed by atoms with Gasteiger partial charge in [-0.15, -0.1) is 0 Å². The second kappa shape index (κ2) is 4.41. The molecule has 2 aromatic carbocycles. The lowest BCUT2D eigenvalue weighted by Gasteiger charge is -2.03. The average Bonchev–Trinajstić information content (AvgIpc) is 2.42. The second-order valence-corrected chi connectivity index (χ2v) is 4.10. The van der Waals surface area contributed by atoms with Crippen molar-refractivity contribution in [3.63, 3.8) is 0 Å². The van der Waals surface area contributed by atoms with Gasteiger partial charge < -0.3 is 0 Å². The van der Waals surface area contributed by atoms with Crippen molar-refractivity contribution in [2.75, 3.05) is 0 Å². The number of benzene rings is 2. The van der Waals surface area contributed by atoms with E-state index in [4.69, 9.17) is 0 Å². The van der Waals surface area contributed by atoms with E-state index in [1.54, 1.807) is 12.2 Å². The van der Waals surface area contributed by atoms with Crippen LogP contribution in [0.4, 0.5) is 5.69 Å². The summed E-state index contributed by atoms with van der Waals surface area (Å²) < 4.78 is 0. The molecule has 2 aromatic rings. The van der Waals surface area contributed by atoms with Gasteiger partial charge in [-0.05, 0) is 35.8 Å². The summed E-state index contributed by atoms with van der Waals surface area (Å²) in [6.45, 7) is 0. The first-order valence-electron chi connectivity index (χ1n) is 5.79. The zero-order valence-corrected chi connectivity index (χ0v) is 9.71. The maximum absolute atomic E-state index is 11.0. The molecule has 0 spiro atoms. The highest BCUT2D eigenvalue weighted by atomic mass is 16.1. The number of nitrogens with zero attached hydrogens (tertiary/aromatic N) is 1. The van der Waals surface area contributed by atoms with Crippen molar-refractivity contribution < 1.29 is 4.79 Å². The van der Waals surface area contributed by atoms with Gasteiger partial charge in [0.25, 0.3) is 0 Å². The molecule has 2 heteroatoms. The molecule has 0 atom stereocenters. The Hall–Kier alpha value is -2.48. The van der Waals surface area contributed by atoms with E-state index < -0.39 is 0 Å². The van der Waals surface area contributed by atoms with Crippen LogP contribution in [-0.4, -0.2) is 11.5 Å². The summed E-state index contributed by atoms with van der Waals surface area (Å²) in [4.78, 5) is 15.6. The summed E-state index contributed by atoms with van der Waals surface area (Å²) in [5.74, 6) is 0.00636. The third kappa shape index (κ3) is 2.00. The molecule has 0 radical (unpaired) electrons. The molecule has 1 aliphatic carbocycles. The van der Waals surface area contributed by atoms with Gasteiger partial charge in [-0.2, -0.15) is 0 Å². The summed E-state index contributed by atoms with van der Waals surface area (Å²) >= 11 is 0. The predicted octanol–water partition coefficient (Wildman–Crippen LogP) is 3.61. The van der Waals surface area contributed by atoms with Crippen LogP contribution < -0.4 is 0 Å². The Morgan fingerprint density at radius 2 is 1.50 bits per heavy atom. The fourth-order valence-corrected chi connectivity index (χ4v) is 1.97. The quantitative estimate of drug-likeness (QED) is 0.692.